The van der Waals surface area contributed by atoms with E-state index in [9.17, 15) is 0 Å². The molecule has 0 saturated carbocycles. The molecule has 4 rings (SSSR count). The molecule has 4 aromatic rings. The van der Waals surface area contributed by atoms with E-state index in [-0.39, 0.29) is 0 Å². The molecular weight excluding hydrogens is 386 g/mol. The first kappa shape index (κ1) is 19.4. The Morgan fingerprint density at radius 1 is 1.03 bits per heavy atom. The van der Waals surface area contributed by atoms with Crippen LogP contribution in [0.25, 0.3) is 22.4 Å². The summed E-state index contributed by atoms with van der Waals surface area (Å²) in [6.07, 6.45) is 1.49. The third-order valence-electron chi connectivity index (χ3n) is 4.81. The van der Waals surface area contributed by atoms with E-state index in [1.54, 1.807) is 0 Å². The molecule has 1 N–H and O–H groups in total. The molecule has 0 aliphatic heterocycles. The molecular formula is C22H22ClN5O. The molecule has 0 aliphatic carbocycles. The van der Waals surface area contributed by atoms with E-state index in [1.807, 2.05) is 30.3 Å². The van der Waals surface area contributed by atoms with Crippen molar-refractivity contribution in [1.29, 1.82) is 0 Å². The average Bonchev–Trinajstić information content (AvgIpc) is 3.19. The lowest BCUT2D eigenvalue weighted by Crippen LogP contribution is -2.28. The minimum Gasteiger partial charge on any atom is -0.368 e. The third-order valence-corrected chi connectivity index (χ3v) is 5.06. The van der Waals surface area contributed by atoms with Crippen molar-refractivity contribution in [3.05, 3.63) is 71.5 Å². The molecule has 0 saturated heterocycles. The van der Waals surface area contributed by atoms with Crippen molar-refractivity contribution < 1.29 is 4.52 Å². The normalized spacial score (nSPS) is 11.3. The Morgan fingerprint density at radius 3 is 2.59 bits per heavy atom. The van der Waals surface area contributed by atoms with Crippen molar-refractivity contribution in [2.45, 2.75) is 13.5 Å². The van der Waals surface area contributed by atoms with Gasteiger partial charge in [0.2, 0.25) is 0 Å². The standard InChI is InChI=1S/C22H22ClN5O/c1-2-28(14-16-6-4-3-5-7-16)13-12-24-21-19-20(17-8-10-18(23)11-9-17)27-29-22(19)26-15-25-21/h3-11,15H,2,12-14H2,1H3,(H,24,25,26). The first-order chi connectivity index (χ1) is 14.2. The number of likely N-dealkylation sites (N-methyl/N-ethyl adjacent to an activating group) is 1. The second-order valence-electron chi connectivity index (χ2n) is 6.72. The molecule has 0 amide bonds. The molecule has 0 atom stereocenters. The molecule has 2 aromatic carbocycles. The predicted molar refractivity (Wildman–Crippen MR) is 116 cm³/mol. The van der Waals surface area contributed by atoms with Crippen LogP contribution < -0.4 is 5.32 Å². The van der Waals surface area contributed by atoms with Gasteiger partial charge < -0.3 is 9.84 Å². The number of nitrogens with one attached hydrogen (secondary N) is 1. The second-order valence-corrected chi connectivity index (χ2v) is 7.16. The fraction of sp³-hybridized carbons (Fsp3) is 0.227. The molecule has 0 unspecified atom stereocenters. The molecule has 0 aliphatic rings. The van der Waals surface area contributed by atoms with Crippen molar-refractivity contribution in [3.63, 3.8) is 0 Å². The van der Waals surface area contributed by atoms with E-state index in [1.165, 1.54) is 11.9 Å². The lowest BCUT2D eigenvalue weighted by molar-refractivity contribution is 0.291. The van der Waals surface area contributed by atoms with Gasteiger partial charge in [0.1, 0.15) is 23.2 Å². The van der Waals surface area contributed by atoms with Gasteiger partial charge in [-0.1, -0.05) is 66.1 Å². The van der Waals surface area contributed by atoms with Gasteiger partial charge in [0.15, 0.2) is 0 Å². The first-order valence-corrected chi connectivity index (χ1v) is 9.99. The van der Waals surface area contributed by atoms with Crippen LogP contribution in [-0.2, 0) is 6.54 Å². The molecule has 7 heteroatoms. The van der Waals surface area contributed by atoms with E-state index in [0.29, 0.717) is 16.4 Å². The zero-order valence-electron chi connectivity index (χ0n) is 16.2. The summed E-state index contributed by atoms with van der Waals surface area (Å²) in [4.78, 5) is 11.0. The molecule has 2 aromatic heterocycles. The number of benzene rings is 2. The molecule has 2 heterocycles. The van der Waals surface area contributed by atoms with Crippen LogP contribution in [0.15, 0.2) is 65.4 Å². The Labute approximate surface area is 174 Å². The molecule has 0 fully saturated rings. The Hall–Kier alpha value is -2.96. The number of anilines is 1. The molecule has 29 heavy (non-hydrogen) atoms. The summed E-state index contributed by atoms with van der Waals surface area (Å²) in [5.41, 5.74) is 3.38. The Kier molecular flexibility index (Phi) is 6.03. The van der Waals surface area contributed by atoms with E-state index < -0.39 is 0 Å². The van der Waals surface area contributed by atoms with Gasteiger partial charge in [-0.3, -0.25) is 4.90 Å². The zero-order valence-corrected chi connectivity index (χ0v) is 16.9. The fourth-order valence-electron chi connectivity index (χ4n) is 3.25. The van der Waals surface area contributed by atoms with Crippen molar-refractivity contribution in [3.8, 4) is 11.3 Å². The predicted octanol–water partition coefficient (Wildman–Crippen LogP) is 4.87. The van der Waals surface area contributed by atoms with Gasteiger partial charge in [-0.05, 0) is 24.2 Å². The fourth-order valence-corrected chi connectivity index (χ4v) is 3.37. The maximum Gasteiger partial charge on any atom is 0.263 e. The van der Waals surface area contributed by atoms with Crippen LogP contribution in [0.1, 0.15) is 12.5 Å². The van der Waals surface area contributed by atoms with E-state index in [2.05, 4.69) is 56.5 Å². The van der Waals surface area contributed by atoms with Gasteiger partial charge in [0.25, 0.3) is 5.71 Å². The number of hydrogen-bond acceptors (Lipinski definition) is 6. The molecule has 6 nitrogen and oxygen atoms in total. The smallest absolute Gasteiger partial charge is 0.263 e. The highest BCUT2D eigenvalue weighted by atomic mass is 35.5. The average molecular weight is 408 g/mol. The van der Waals surface area contributed by atoms with Crippen LogP contribution in [0.3, 0.4) is 0 Å². The van der Waals surface area contributed by atoms with Gasteiger partial charge in [-0.15, -0.1) is 0 Å². The Morgan fingerprint density at radius 2 is 1.83 bits per heavy atom. The van der Waals surface area contributed by atoms with Gasteiger partial charge in [-0.2, -0.15) is 4.98 Å². The van der Waals surface area contributed by atoms with Gasteiger partial charge in [0.05, 0.1) is 0 Å². The first-order valence-electron chi connectivity index (χ1n) is 9.61. The lowest BCUT2D eigenvalue weighted by atomic mass is 10.1. The van der Waals surface area contributed by atoms with Crippen molar-refractivity contribution in [1.82, 2.24) is 20.0 Å². The van der Waals surface area contributed by atoms with Crippen molar-refractivity contribution in [2.75, 3.05) is 25.0 Å². The summed E-state index contributed by atoms with van der Waals surface area (Å²) in [5.74, 6) is 0.719. The minimum absolute atomic E-state index is 0.462. The Balaban J connectivity index is 1.49. The van der Waals surface area contributed by atoms with Gasteiger partial charge in [-0.25, -0.2) is 4.98 Å². The molecule has 148 valence electrons. The number of halogens is 1. The second kappa shape index (κ2) is 9.03. The molecule has 0 bridgehead atoms. The summed E-state index contributed by atoms with van der Waals surface area (Å²) < 4.78 is 5.42. The summed E-state index contributed by atoms with van der Waals surface area (Å²) in [5, 5.41) is 9.08. The number of hydrogen-bond donors (Lipinski definition) is 1. The largest absolute Gasteiger partial charge is 0.368 e. The highest BCUT2D eigenvalue weighted by Gasteiger charge is 2.16. The van der Waals surface area contributed by atoms with Crippen LogP contribution in [0.4, 0.5) is 5.82 Å². The highest BCUT2D eigenvalue weighted by molar-refractivity contribution is 6.30. The maximum atomic E-state index is 6.01. The summed E-state index contributed by atoms with van der Waals surface area (Å²) in [6, 6.07) is 18.0. The van der Waals surface area contributed by atoms with Crippen molar-refractivity contribution in [2.24, 2.45) is 0 Å². The SMILES string of the molecule is CCN(CCNc1ncnc2onc(-c3ccc(Cl)cc3)c12)Cc1ccccc1. The summed E-state index contributed by atoms with van der Waals surface area (Å²) >= 11 is 6.01. The number of aromatic nitrogens is 3. The minimum atomic E-state index is 0.462. The van der Waals surface area contributed by atoms with E-state index >= 15 is 0 Å². The topological polar surface area (TPSA) is 67.1 Å². The van der Waals surface area contributed by atoms with Crippen LogP contribution in [0.2, 0.25) is 5.02 Å². The monoisotopic (exact) mass is 407 g/mol. The summed E-state index contributed by atoms with van der Waals surface area (Å²) in [7, 11) is 0. The maximum absolute atomic E-state index is 6.01. The number of rotatable bonds is 8. The van der Waals surface area contributed by atoms with Crippen LogP contribution in [-0.4, -0.2) is 39.7 Å². The molecule has 0 radical (unpaired) electrons. The Bertz CT molecular complexity index is 1070. The quantitative estimate of drug-likeness (QED) is 0.449. The third kappa shape index (κ3) is 4.55. The van der Waals surface area contributed by atoms with E-state index in [4.69, 9.17) is 16.1 Å². The van der Waals surface area contributed by atoms with Gasteiger partial charge in [0, 0.05) is 30.2 Å². The highest BCUT2D eigenvalue weighted by Crippen LogP contribution is 2.31. The van der Waals surface area contributed by atoms with Crippen LogP contribution in [0, 0.1) is 0 Å². The molecule has 0 spiro atoms. The van der Waals surface area contributed by atoms with E-state index in [0.717, 1.165) is 42.9 Å². The van der Waals surface area contributed by atoms with Crippen LogP contribution in [0.5, 0.6) is 0 Å². The van der Waals surface area contributed by atoms with Crippen molar-refractivity contribution >= 4 is 28.5 Å². The van der Waals surface area contributed by atoms with Crippen LogP contribution >= 0.6 is 11.6 Å². The lowest BCUT2D eigenvalue weighted by Gasteiger charge is -2.20. The number of nitrogens with zero attached hydrogens (tertiary/aromatic N) is 4. The number of fused-ring (bicyclic) bond motifs is 1. The van der Waals surface area contributed by atoms with Gasteiger partial charge >= 0.3 is 0 Å². The zero-order chi connectivity index (χ0) is 20.1. The summed E-state index contributed by atoms with van der Waals surface area (Å²) in [6.45, 7) is 5.70.